The van der Waals surface area contributed by atoms with Gasteiger partial charge in [-0.3, -0.25) is 34.6 Å². The van der Waals surface area contributed by atoms with E-state index in [2.05, 4.69) is 21.5 Å². The van der Waals surface area contributed by atoms with Crippen LogP contribution in [0.1, 0.15) is 65.4 Å². The number of pyridine rings is 1. The fourth-order valence-corrected chi connectivity index (χ4v) is 5.42. The minimum Gasteiger partial charge on any atom is -0.452 e. The first kappa shape index (κ1) is 33.9. The van der Waals surface area contributed by atoms with Crippen molar-refractivity contribution in [2.24, 2.45) is 11.3 Å². The Hall–Kier alpha value is -4.03. The molecular weight excluding hydrogens is 574 g/mol. The van der Waals surface area contributed by atoms with Gasteiger partial charge in [0.25, 0.3) is 17.7 Å². The number of hydrazine groups is 2. The number of rotatable bonds is 6. The predicted octanol–water partition coefficient (Wildman–Crippen LogP) is 2.69. The lowest BCUT2D eigenvalue weighted by Crippen LogP contribution is -2.62. The van der Waals surface area contributed by atoms with Gasteiger partial charge in [-0.25, -0.2) is 10.4 Å². The van der Waals surface area contributed by atoms with Crippen LogP contribution in [0.25, 0.3) is 17.0 Å². The highest BCUT2D eigenvalue weighted by Crippen LogP contribution is 2.26. The van der Waals surface area contributed by atoms with Crippen LogP contribution in [0.4, 0.5) is 5.82 Å². The summed E-state index contributed by atoms with van der Waals surface area (Å²) in [6.07, 6.45) is 5.72. The summed E-state index contributed by atoms with van der Waals surface area (Å²) in [6.45, 7) is 8.32. The van der Waals surface area contributed by atoms with Crippen LogP contribution in [0.3, 0.4) is 0 Å². The molecule has 0 aliphatic carbocycles. The zero-order chi connectivity index (χ0) is 32.7. The van der Waals surface area contributed by atoms with Crippen LogP contribution < -0.4 is 26.5 Å². The summed E-state index contributed by atoms with van der Waals surface area (Å²) in [7, 11) is 3.60. The van der Waals surface area contributed by atoms with Gasteiger partial charge in [0.15, 0.2) is 6.10 Å². The van der Waals surface area contributed by atoms with E-state index in [1.165, 1.54) is 5.01 Å². The SMILES string of the molecule is CNCCCC(C)CC1OC(=O)C(C)(C)/C=C/c2ccc3ccc(nc3c2)N(C)NC(=O)C2CCCN(N2)C(=O)C(C)NC1=O. The van der Waals surface area contributed by atoms with Gasteiger partial charge in [-0.2, -0.15) is 0 Å². The Labute approximate surface area is 265 Å². The maximum Gasteiger partial charge on any atom is 0.316 e. The van der Waals surface area contributed by atoms with Gasteiger partial charge in [0.2, 0.25) is 0 Å². The van der Waals surface area contributed by atoms with Crippen molar-refractivity contribution in [1.29, 1.82) is 0 Å². The molecule has 0 saturated carbocycles. The van der Waals surface area contributed by atoms with Gasteiger partial charge in [-0.1, -0.05) is 31.2 Å². The topological polar surface area (TPSA) is 145 Å². The molecule has 1 saturated heterocycles. The number of aromatic nitrogens is 1. The molecule has 3 amide bonds. The van der Waals surface area contributed by atoms with E-state index < -0.39 is 35.5 Å². The van der Waals surface area contributed by atoms with Crippen LogP contribution in [0, 0.1) is 11.3 Å². The highest BCUT2D eigenvalue weighted by molar-refractivity contribution is 5.91. The van der Waals surface area contributed by atoms with Crippen LogP contribution in [-0.2, 0) is 23.9 Å². The second kappa shape index (κ2) is 14.8. The van der Waals surface area contributed by atoms with Crippen LogP contribution in [-0.4, -0.2) is 79.1 Å². The van der Waals surface area contributed by atoms with E-state index in [1.807, 2.05) is 50.4 Å². The third kappa shape index (κ3) is 8.79. The van der Waals surface area contributed by atoms with E-state index in [0.717, 1.165) is 30.3 Å². The number of nitrogens with one attached hydrogen (secondary N) is 4. The number of amides is 3. The molecule has 0 radical (unpaired) electrons. The van der Waals surface area contributed by atoms with Gasteiger partial charge in [-0.05, 0) is 96.1 Å². The number of esters is 1. The number of ether oxygens (including phenoxy) is 1. The van der Waals surface area contributed by atoms with Crippen molar-refractivity contribution in [3.63, 3.8) is 0 Å². The number of carbonyl (C=O) groups is 4. The fraction of sp³-hybridized carbons (Fsp3) is 0.545. The predicted molar refractivity (Wildman–Crippen MR) is 173 cm³/mol. The van der Waals surface area contributed by atoms with Crippen molar-refractivity contribution in [3.05, 3.63) is 42.0 Å². The highest BCUT2D eigenvalue weighted by atomic mass is 16.5. The van der Waals surface area contributed by atoms with E-state index in [-0.39, 0.29) is 17.7 Å². The van der Waals surface area contributed by atoms with Crippen molar-refractivity contribution in [1.82, 2.24) is 31.5 Å². The van der Waals surface area contributed by atoms with Crippen molar-refractivity contribution in [2.45, 2.75) is 78.0 Å². The lowest BCUT2D eigenvalue weighted by molar-refractivity contribution is -0.163. The highest BCUT2D eigenvalue weighted by Gasteiger charge is 2.35. The summed E-state index contributed by atoms with van der Waals surface area (Å²) >= 11 is 0. The van der Waals surface area contributed by atoms with Gasteiger partial charge in [0.05, 0.1) is 10.9 Å². The summed E-state index contributed by atoms with van der Waals surface area (Å²) in [5, 5.41) is 9.74. The number of anilines is 1. The van der Waals surface area contributed by atoms with E-state index in [1.54, 1.807) is 38.9 Å². The Morgan fingerprint density at radius 1 is 1.13 bits per heavy atom. The van der Waals surface area contributed by atoms with Crippen LogP contribution in [0.15, 0.2) is 36.4 Å². The fourth-order valence-electron chi connectivity index (χ4n) is 5.42. The smallest absolute Gasteiger partial charge is 0.316 e. The summed E-state index contributed by atoms with van der Waals surface area (Å²) < 4.78 is 5.89. The molecule has 45 heavy (non-hydrogen) atoms. The third-order valence-corrected chi connectivity index (χ3v) is 8.32. The van der Waals surface area contributed by atoms with Gasteiger partial charge in [-0.15, -0.1) is 0 Å². The van der Waals surface area contributed by atoms with E-state index in [0.29, 0.717) is 37.1 Å². The minimum atomic E-state index is -1.08. The second-order valence-electron chi connectivity index (χ2n) is 12.7. The standard InChI is InChI=1S/C33H47N7O5/c1-21(9-7-17-34-5)19-27-30(42)35-22(2)31(43)40-18-8-10-25(37-40)29(41)38-39(6)28-14-13-24-12-11-23(20-26(24)36-28)15-16-33(3,4)32(44)45-27/h11-16,20-22,25,27,34,37H,7-10,17-19H2,1-6H3,(H,35,42)(H,38,41)/b16-15+. The molecule has 4 atom stereocenters. The van der Waals surface area contributed by atoms with Gasteiger partial charge in [0.1, 0.15) is 17.9 Å². The number of carbonyl (C=O) groups excluding carboxylic acids is 4. The lowest BCUT2D eigenvalue weighted by atomic mass is 9.91. The molecule has 4 N–H and O–H groups in total. The average Bonchev–Trinajstić information content (AvgIpc) is 3.02. The third-order valence-electron chi connectivity index (χ3n) is 8.32. The number of hydrogen-bond acceptors (Lipinski definition) is 9. The number of nitrogens with zero attached hydrogens (tertiary/aromatic N) is 3. The molecule has 5 bridgehead atoms. The minimum absolute atomic E-state index is 0.0946. The van der Waals surface area contributed by atoms with Gasteiger partial charge >= 0.3 is 5.97 Å². The normalized spacial score (nSPS) is 24.5. The van der Waals surface area contributed by atoms with Crippen molar-refractivity contribution < 1.29 is 23.9 Å². The lowest BCUT2D eigenvalue weighted by Gasteiger charge is -2.35. The largest absolute Gasteiger partial charge is 0.452 e. The first-order valence-electron chi connectivity index (χ1n) is 15.8. The van der Waals surface area contributed by atoms with Crippen LogP contribution in [0.2, 0.25) is 0 Å². The summed E-state index contributed by atoms with van der Waals surface area (Å²) in [6, 6.07) is 7.96. The molecule has 1 aromatic heterocycles. The van der Waals surface area contributed by atoms with Crippen LogP contribution in [0.5, 0.6) is 0 Å². The number of fused-ring (bicyclic) bond motifs is 4. The molecule has 4 unspecified atom stereocenters. The molecule has 2 aliphatic heterocycles. The second-order valence-corrected chi connectivity index (χ2v) is 12.7. The molecule has 1 fully saturated rings. The molecule has 4 rings (SSSR count). The zero-order valence-electron chi connectivity index (χ0n) is 27.2. The van der Waals surface area contributed by atoms with E-state index in [9.17, 15) is 19.2 Å². The van der Waals surface area contributed by atoms with Gasteiger partial charge in [0, 0.05) is 19.0 Å². The number of benzene rings is 1. The molecule has 2 aromatic rings. The molecular formula is C33H47N7O5. The van der Waals surface area contributed by atoms with Crippen molar-refractivity contribution in [3.8, 4) is 0 Å². The molecule has 2 aliphatic rings. The molecule has 12 heteroatoms. The molecule has 12 nitrogen and oxygen atoms in total. The average molecular weight is 622 g/mol. The van der Waals surface area contributed by atoms with E-state index >= 15 is 0 Å². The Kier molecular flexibility index (Phi) is 11.2. The quantitative estimate of drug-likeness (QED) is 0.283. The van der Waals surface area contributed by atoms with Crippen molar-refractivity contribution >= 4 is 46.5 Å². The Morgan fingerprint density at radius 2 is 1.89 bits per heavy atom. The first-order chi connectivity index (χ1) is 21.4. The Balaban J connectivity index is 1.67. The first-order valence-corrected chi connectivity index (χ1v) is 15.8. The summed E-state index contributed by atoms with van der Waals surface area (Å²) in [4.78, 5) is 58.4. The summed E-state index contributed by atoms with van der Waals surface area (Å²) in [5.74, 6) is -1.13. The molecule has 244 valence electrons. The Bertz CT molecular complexity index is 1430. The monoisotopic (exact) mass is 621 g/mol. The maximum absolute atomic E-state index is 13.6. The number of cyclic esters (lactones) is 1. The Morgan fingerprint density at radius 3 is 2.64 bits per heavy atom. The maximum atomic E-state index is 13.6. The van der Waals surface area contributed by atoms with Crippen LogP contribution >= 0.6 is 0 Å². The number of hydrogen-bond donors (Lipinski definition) is 4. The van der Waals surface area contributed by atoms with Crippen molar-refractivity contribution in [2.75, 3.05) is 32.2 Å². The molecule has 1 aromatic carbocycles. The van der Waals surface area contributed by atoms with Gasteiger partial charge < -0.3 is 15.4 Å². The van der Waals surface area contributed by atoms with E-state index in [4.69, 9.17) is 9.72 Å². The summed E-state index contributed by atoms with van der Waals surface area (Å²) in [5.41, 5.74) is 6.39. The zero-order valence-corrected chi connectivity index (χ0v) is 27.2. The molecule has 0 spiro atoms. The molecule has 3 heterocycles.